The number of anilines is 2. The van der Waals surface area contributed by atoms with Gasteiger partial charge >= 0.3 is 5.97 Å². The molecule has 0 saturated carbocycles. The minimum atomic E-state index is -1.07. The number of H-pyrrole nitrogens is 1. The summed E-state index contributed by atoms with van der Waals surface area (Å²) in [4.78, 5) is 14.0. The molecule has 2 aromatic carbocycles. The first-order chi connectivity index (χ1) is 15.0. The van der Waals surface area contributed by atoms with Crippen LogP contribution in [0.15, 0.2) is 54.7 Å². The molecule has 2 heterocycles. The number of carboxylic acids is 1. The summed E-state index contributed by atoms with van der Waals surface area (Å²) in [6, 6.07) is 12.6. The van der Waals surface area contributed by atoms with E-state index < -0.39 is 5.97 Å². The average Bonchev–Trinajstić information content (AvgIpc) is 3.22. The number of ether oxygens (including phenoxy) is 1. The topological polar surface area (TPSA) is 100 Å². The van der Waals surface area contributed by atoms with Crippen molar-refractivity contribution in [2.75, 3.05) is 5.32 Å². The molecule has 0 amide bonds. The molecule has 0 aliphatic rings. The molecule has 0 radical (unpaired) electrons. The zero-order valence-electron chi connectivity index (χ0n) is 16.8. The number of carboxylic acid groups (broad SMARTS) is 1. The number of fused-ring (bicyclic) bond motifs is 1. The zero-order chi connectivity index (χ0) is 22.4. The molecule has 0 unspecified atom stereocenters. The maximum Gasteiger partial charge on any atom is 0.352 e. The predicted octanol–water partition coefficient (Wildman–Crippen LogP) is 5.80. The number of aromatic carboxylic acids is 1. The molecule has 9 heteroatoms. The molecule has 0 aliphatic carbocycles. The molecular weight excluding hydrogens is 423 g/mol. The van der Waals surface area contributed by atoms with Gasteiger partial charge in [-0.25, -0.2) is 9.18 Å². The van der Waals surface area contributed by atoms with E-state index >= 15 is 0 Å². The van der Waals surface area contributed by atoms with Gasteiger partial charge in [0.05, 0.1) is 16.7 Å². The van der Waals surface area contributed by atoms with Gasteiger partial charge in [0.15, 0.2) is 5.82 Å². The number of hydrogen-bond acceptors (Lipinski definition) is 5. The van der Waals surface area contributed by atoms with Crippen LogP contribution in [0, 0.1) is 5.82 Å². The van der Waals surface area contributed by atoms with Crippen LogP contribution in [0.3, 0.4) is 0 Å². The predicted molar refractivity (Wildman–Crippen MR) is 118 cm³/mol. The zero-order valence-corrected chi connectivity index (χ0v) is 17.6. The fourth-order valence-electron chi connectivity index (χ4n) is 2.74. The Kier molecular flexibility index (Phi) is 7.04. The third-order valence-corrected chi connectivity index (χ3v) is 4.47. The highest BCUT2D eigenvalue weighted by Gasteiger charge is 2.13. The highest BCUT2D eigenvalue weighted by molar-refractivity contribution is 6.32. The molecule has 4 rings (SSSR count). The minimum Gasteiger partial charge on any atom is -0.487 e. The minimum absolute atomic E-state index is 0.0421. The van der Waals surface area contributed by atoms with Gasteiger partial charge in [-0.3, -0.25) is 0 Å². The molecular formula is C22H20ClFN4O3. The summed E-state index contributed by atoms with van der Waals surface area (Å²) in [5.41, 5.74) is 2.00. The Bertz CT molecular complexity index is 1200. The van der Waals surface area contributed by atoms with E-state index in [-0.39, 0.29) is 18.1 Å². The molecule has 0 atom stereocenters. The highest BCUT2D eigenvalue weighted by Crippen LogP contribution is 2.31. The number of carbonyl (C=O) groups is 1. The van der Waals surface area contributed by atoms with Crippen LogP contribution in [0.2, 0.25) is 5.02 Å². The molecule has 4 aromatic rings. The second kappa shape index (κ2) is 9.90. The normalized spacial score (nSPS) is 10.3. The lowest BCUT2D eigenvalue weighted by atomic mass is 10.2. The third-order valence-electron chi connectivity index (χ3n) is 4.17. The lowest BCUT2D eigenvalue weighted by molar-refractivity contribution is 0.0691. The maximum atomic E-state index is 13.0. The maximum absolute atomic E-state index is 13.0. The van der Waals surface area contributed by atoms with Crippen LogP contribution in [0.5, 0.6) is 5.75 Å². The van der Waals surface area contributed by atoms with Gasteiger partial charge in [-0.1, -0.05) is 37.6 Å². The van der Waals surface area contributed by atoms with Crippen LogP contribution < -0.4 is 10.1 Å². The largest absolute Gasteiger partial charge is 0.487 e. The number of benzene rings is 2. The van der Waals surface area contributed by atoms with Crippen LogP contribution in [0.1, 0.15) is 29.9 Å². The molecule has 7 nitrogen and oxygen atoms in total. The standard InChI is InChI=1S/C20H14ClFN4O3.C2H6/c21-15-8-14(5-6-17(15)29-10-11-1-3-13(22)4-2-11)24-19-18-12(9-23-26-19)7-16(25-18)20(27)28;1-2/h1-9,25H,10H2,(H,24,26)(H,27,28);1-2H3. The molecule has 0 saturated heterocycles. The van der Waals surface area contributed by atoms with E-state index in [9.17, 15) is 9.18 Å². The number of hydrogen-bond donors (Lipinski definition) is 3. The number of aromatic amines is 1. The van der Waals surface area contributed by atoms with E-state index in [1.165, 1.54) is 24.4 Å². The number of aromatic nitrogens is 3. The number of rotatable bonds is 6. The molecule has 3 N–H and O–H groups in total. The van der Waals surface area contributed by atoms with Gasteiger partial charge in [-0.15, -0.1) is 5.10 Å². The number of nitrogens with zero attached hydrogens (tertiary/aromatic N) is 2. The van der Waals surface area contributed by atoms with E-state index in [1.807, 2.05) is 13.8 Å². The summed E-state index contributed by atoms with van der Waals surface area (Å²) >= 11 is 6.30. The second-order valence-electron chi connectivity index (χ2n) is 6.20. The Hall–Kier alpha value is -3.65. The quantitative estimate of drug-likeness (QED) is 0.349. The Labute approximate surface area is 182 Å². The van der Waals surface area contributed by atoms with Crippen LogP contribution in [-0.4, -0.2) is 26.3 Å². The van der Waals surface area contributed by atoms with Crippen molar-refractivity contribution >= 4 is 40.0 Å². The first kappa shape index (κ1) is 22.0. The lowest BCUT2D eigenvalue weighted by Gasteiger charge is -2.11. The summed E-state index contributed by atoms with van der Waals surface area (Å²) in [6.07, 6.45) is 1.48. The van der Waals surface area contributed by atoms with Gasteiger partial charge < -0.3 is 20.1 Å². The van der Waals surface area contributed by atoms with Gasteiger partial charge in [0.1, 0.15) is 23.9 Å². The van der Waals surface area contributed by atoms with E-state index in [1.54, 1.807) is 30.3 Å². The molecule has 2 aromatic heterocycles. The highest BCUT2D eigenvalue weighted by atomic mass is 35.5. The average molecular weight is 443 g/mol. The Balaban J connectivity index is 0.00000132. The van der Waals surface area contributed by atoms with Crippen molar-refractivity contribution < 1.29 is 19.0 Å². The Morgan fingerprint density at radius 3 is 2.61 bits per heavy atom. The number of halogens is 2. The van der Waals surface area contributed by atoms with Crippen molar-refractivity contribution in [3.63, 3.8) is 0 Å². The molecule has 0 bridgehead atoms. The van der Waals surface area contributed by atoms with E-state index in [4.69, 9.17) is 21.4 Å². The molecule has 31 heavy (non-hydrogen) atoms. The van der Waals surface area contributed by atoms with Crippen LogP contribution >= 0.6 is 11.6 Å². The first-order valence-corrected chi connectivity index (χ1v) is 9.89. The summed E-state index contributed by atoms with van der Waals surface area (Å²) < 4.78 is 18.7. The molecule has 0 aliphatic heterocycles. The van der Waals surface area contributed by atoms with Crippen molar-refractivity contribution in [3.05, 3.63) is 76.8 Å². The Morgan fingerprint density at radius 1 is 1.19 bits per heavy atom. The van der Waals surface area contributed by atoms with Crippen molar-refractivity contribution in [1.29, 1.82) is 0 Å². The van der Waals surface area contributed by atoms with E-state index in [2.05, 4.69) is 20.5 Å². The van der Waals surface area contributed by atoms with Crippen molar-refractivity contribution in [3.8, 4) is 5.75 Å². The van der Waals surface area contributed by atoms with Crippen molar-refractivity contribution in [2.24, 2.45) is 0 Å². The summed E-state index contributed by atoms with van der Waals surface area (Å²) in [6.45, 7) is 4.25. The summed E-state index contributed by atoms with van der Waals surface area (Å²) in [5, 5.41) is 21.1. The molecule has 0 fully saturated rings. The molecule has 0 spiro atoms. The third kappa shape index (κ3) is 5.29. The van der Waals surface area contributed by atoms with Gasteiger partial charge in [0.2, 0.25) is 0 Å². The van der Waals surface area contributed by atoms with Crippen LogP contribution in [0.4, 0.5) is 15.9 Å². The van der Waals surface area contributed by atoms with Gasteiger partial charge in [0, 0.05) is 11.1 Å². The van der Waals surface area contributed by atoms with Gasteiger partial charge in [0.25, 0.3) is 0 Å². The Morgan fingerprint density at radius 2 is 1.94 bits per heavy atom. The summed E-state index contributed by atoms with van der Waals surface area (Å²) in [5.74, 6) is -0.541. The summed E-state index contributed by atoms with van der Waals surface area (Å²) in [7, 11) is 0. The first-order valence-electron chi connectivity index (χ1n) is 9.51. The van der Waals surface area contributed by atoms with Crippen molar-refractivity contribution in [2.45, 2.75) is 20.5 Å². The van der Waals surface area contributed by atoms with Gasteiger partial charge in [-0.2, -0.15) is 5.10 Å². The number of nitrogens with one attached hydrogen (secondary N) is 2. The second-order valence-corrected chi connectivity index (χ2v) is 6.60. The van der Waals surface area contributed by atoms with Crippen LogP contribution in [0.25, 0.3) is 10.9 Å². The SMILES string of the molecule is CC.O=C(O)c1cc2cnnc(Nc3ccc(OCc4ccc(F)cc4)c(Cl)c3)c2[nH]1. The van der Waals surface area contributed by atoms with E-state index in [0.717, 1.165) is 5.56 Å². The lowest BCUT2D eigenvalue weighted by Crippen LogP contribution is -1.99. The fourth-order valence-corrected chi connectivity index (χ4v) is 2.98. The van der Waals surface area contributed by atoms with E-state index in [0.29, 0.717) is 33.2 Å². The monoisotopic (exact) mass is 442 g/mol. The van der Waals surface area contributed by atoms with Gasteiger partial charge in [-0.05, 0) is 42.0 Å². The fraction of sp³-hybridized carbons (Fsp3) is 0.136. The van der Waals surface area contributed by atoms with Crippen LogP contribution in [-0.2, 0) is 6.61 Å². The van der Waals surface area contributed by atoms with Crippen molar-refractivity contribution in [1.82, 2.24) is 15.2 Å². The molecule has 160 valence electrons. The smallest absolute Gasteiger partial charge is 0.352 e.